The van der Waals surface area contributed by atoms with Crippen LogP contribution in [0, 0.1) is 13.8 Å². The number of hydrogen-bond donors (Lipinski definition) is 1. The van der Waals surface area contributed by atoms with Crippen LogP contribution in [0.15, 0.2) is 6.07 Å². The van der Waals surface area contributed by atoms with Gasteiger partial charge in [0.1, 0.15) is 0 Å². The second kappa shape index (κ2) is 6.85. The summed E-state index contributed by atoms with van der Waals surface area (Å²) < 4.78 is 1.83. The molecule has 2 atom stereocenters. The van der Waals surface area contributed by atoms with E-state index in [4.69, 9.17) is 0 Å². The first-order chi connectivity index (χ1) is 11.8. The summed E-state index contributed by atoms with van der Waals surface area (Å²) in [5.74, 6) is -0.151. The van der Waals surface area contributed by atoms with Crippen LogP contribution < -0.4 is 5.32 Å². The summed E-state index contributed by atoms with van der Waals surface area (Å²) in [6, 6.07) is 1.96. The third kappa shape index (κ3) is 3.83. The average Bonchev–Trinajstić information content (AvgIpc) is 3.06. The molecule has 136 valence electrons. The van der Waals surface area contributed by atoms with Crippen molar-refractivity contribution in [3.05, 3.63) is 17.5 Å². The van der Waals surface area contributed by atoms with Gasteiger partial charge in [0.25, 0.3) is 0 Å². The third-order valence-corrected chi connectivity index (χ3v) is 4.89. The number of rotatable bonds is 4. The highest BCUT2D eigenvalue weighted by Crippen LogP contribution is 2.23. The fraction of sp³-hybridized carbons (Fsp3) is 0.647. The van der Waals surface area contributed by atoms with Crippen LogP contribution in [0.4, 0.5) is 0 Å². The molecule has 0 spiro atoms. The molecule has 2 aliphatic rings. The van der Waals surface area contributed by atoms with E-state index in [1.807, 2.05) is 24.6 Å². The van der Waals surface area contributed by atoms with Crippen molar-refractivity contribution >= 4 is 17.7 Å². The number of amides is 3. The van der Waals surface area contributed by atoms with Gasteiger partial charge >= 0.3 is 0 Å². The third-order valence-electron chi connectivity index (χ3n) is 4.89. The molecule has 0 saturated carbocycles. The minimum Gasteiger partial charge on any atom is -0.352 e. The monoisotopic (exact) mass is 347 g/mol. The maximum atomic E-state index is 12.5. The molecule has 3 rings (SSSR count). The standard InChI is InChI=1S/C17H25N5O3/c1-11-6-12(2)22(19-11)5-4-16(24)20-9-15-7-14(18-13(3)23)8-21(15)17(25)10-20/h6,14-15H,4-5,7-10H2,1-3H3,(H,18,23)/t14-,15-/m0/s1. The summed E-state index contributed by atoms with van der Waals surface area (Å²) in [7, 11) is 0. The predicted molar refractivity (Wildman–Crippen MR) is 90.6 cm³/mol. The summed E-state index contributed by atoms with van der Waals surface area (Å²) in [5, 5.41) is 7.23. The maximum Gasteiger partial charge on any atom is 0.242 e. The van der Waals surface area contributed by atoms with E-state index in [2.05, 4.69) is 10.4 Å². The van der Waals surface area contributed by atoms with Gasteiger partial charge in [0, 0.05) is 44.7 Å². The second-order valence-electron chi connectivity index (χ2n) is 7.01. The van der Waals surface area contributed by atoms with Crippen molar-refractivity contribution < 1.29 is 14.4 Å². The molecule has 3 amide bonds. The van der Waals surface area contributed by atoms with Gasteiger partial charge < -0.3 is 15.1 Å². The Bertz CT molecular complexity index is 698. The highest BCUT2D eigenvalue weighted by atomic mass is 16.2. The van der Waals surface area contributed by atoms with E-state index in [-0.39, 0.29) is 36.3 Å². The van der Waals surface area contributed by atoms with Gasteiger partial charge in [0.05, 0.1) is 18.3 Å². The van der Waals surface area contributed by atoms with E-state index in [1.165, 1.54) is 6.92 Å². The molecule has 2 fully saturated rings. The van der Waals surface area contributed by atoms with Crippen molar-refractivity contribution in [2.45, 2.75) is 52.2 Å². The highest BCUT2D eigenvalue weighted by molar-refractivity contribution is 5.86. The molecule has 8 nitrogen and oxygen atoms in total. The van der Waals surface area contributed by atoms with Crippen LogP contribution in [0.3, 0.4) is 0 Å². The zero-order chi connectivity index (χ0) is 18.1. The van der Waals surface area contributed by atoms with Crippen LogP contribution in [0.25, 0.3) is 0 Å². The first-order valence-electron chi connectivity index (χ1n) is 8.69. The number of nitrogens with zero attached hydrogens (tertiary/aromatic N) is 4. The molecule has 1 aromatic rings. The van der Waals surface area contributed by atoms with Crippen LogP contribution in [-0.2, 0) is 20.9 Å². The van der Waals surface area contributed by atoms with E-state index in [0.29, 0.717) is 32.5 Å². The molecule has 2 aliphatic heterocycles. The average molecular weight is 347 g/mol. The van der Waals surface area contributed by atoms with Crippen molar-refractivity contribution in [3.63, 3.8) is 0 Å². The number of aromatic nitrogens is 2. The summed E-state index contributed by atoms with van der Waals surface area (Å²) in [4.78, 5) is 39.5. The Morgan fingerprint density at radius 1 is 1.32 bits per heavy atom. The topological polar surface area (TPSA) is 87.5 Å². The maximum absolute atomic E-state index is 12.5. The molecule has 0 radical (unpaired) electrons. The molecule has 3 heterocycles. The number of piperazine rings is 1. The van der Waals surface area contributed by atoms with Gasteiger partial charge in [0.2, 0.25) is 17.7 Å². The minimum absolute atomic E-state index is 0.00395. The lowest BCUT2D eigenvalue weighted by molar-refractivity contribution is -0.147. The van der Waals surface area contributed by atoms with Gasteiger partial charge in [0.15, 0.2) is 0 Å². The smallest absolute Gasteiger partial charge is 0.242 e. The lowest BCUT2D eigenvalue weighted by Crippen LogP contribution is -2.55. The van der Waals surface area contributed by atoms with Gasteiger partial charge in [-0.25, -0.2) is 0 Å². The van der Waals surface area contributed by atoms with E-state index in [0.717, 1.165) is 11.4 Å². The summed E-state index contributed by atoms with van der Waals surface area (Å²) in [5.41, 5.74) is 1.96. The Balaban J connectivity index is 1.57. The van der Waals surface area contributed by atoms with E-state index >= 15 is 0 Å². The van der Waals surface area contributed by atoms with Crippen molar-refractivity contribution in [3.8, 4) is 0 Å². The lowest BCUT2D eigenvalue weighted by Gasteiger charge is -2.37. The van der Waals surface area contributed by atoms with Gasteiger partial charge in [-0.15, -0.1) is 0 Å². The second-order valence-corrected chi connectivity index (χ2v) is 7.01. The van der Waals surface area contributed by atoms with Crippen molar-refractivity contribution in [2.24, 2.45) is 0 Å². The first kappa shape index (κ1) is 17.4. The zero-order valence-corrected chi connectivity index (χ0v) is 15.0. The number of carbonyl (C=O) groups is 3. The van der Waals surface area contributed by atoms with Crippen LogP contribution in [0.5, 0.6) is 0 Å². The Morgan fingerprint density at radius 3 is 2.72 bits per heavy atom. The summed E-state index contributed by atoms with van der Waals surface area (Å²) in [6.07, 6.45) is 1.03. The van der Waals surface area contributed by atoms with Crippen LogP contribution >= 0.6 is 0 Å². The van der Waals surface area contributed by atoms with Gasteiger partial charge in [-0.05, 0) is 26.3 Å². The molecule has 0 aliphatic carbocycles. The molecular formula is C17H25N5O3. The largest absolute Gasteiger partial charge is 0.352 e. The van der Waals surface area contributed by atoms with Crippen LogP contribution in [-0.4, -0.2) is 69.0 Å². The van der Waals surface area contributed by atoms with E-state index in [1.54, 1.807) is 9.80 Å². The molecule has 8 heteroatoms. The number of hydrogen-bond acceptors (Lipinski definition) is 4. The number of carbonyl (C=O) groups excluding carboxylic acids is 3. The fourth-order valence-corrected chi connectivity index (χ4v) is 3.81. The van der Waals surface area contributed by atoms with Crippen LogP contribution in [0.2, 0.25) is 0 Å². The Kier molecular flexibility index (Phi) is 4.78. The van der Waals surface area contributed by atoms with Crippen molar-refractivity contribution in [2.75, 3.05) is 19.6 Å². The molecule has 1 N–H and O–H groups in total. The van der Waals surface area contributed by atoms with Gasteiger partial charge in [-0.2, -0.15) is 5.10 Å². The van der Waals surface area contributed by atoms with Gasteiger partial charge in [-0.1, -0.05) is 0 Å². The normalized spacial score (nSPS) is 22.9. The Hall–Kier alpha value is -2.38. The van der Waals surface area contributed by atoms with Crippen molar-refractivity contribution in [1.29, 1.82) is 0 Å². The molecule has 0 unspecified atom stereocenters. The predicted octanol–water partition coefficient (Wildman–Crippen LogP) is -0.162. The molecule has 0 aromatic carbocycles. The number of aryl methyl sites for hydroxylation is 3. The van der Waals surface area contributed by atoms with Gasteiger partial charge in [-0.3, -0.25) is 19.1 Å². The quantitative estimate of drug-likeness (QED) is 0.820. The molecule has 25 heavy (non-hydrogen) atoms. The summed E-state index contributed by atoms with van der Waals surface area (Å²) >= 11 is 0. The fourth-order valence-electron chi connectivity index (χ4n) is 3.81. The molecule has 0 bridgehead atoms. The first-order valence-corrected chi connectivity index (χ1v) is 8.69. The Morgan fingerprint density at radius 2 is 2.08 bits per heavy atom. The number of fused-ring (bicyclic) bond motifs is 1. The highest BCUT2D eigenvalue weighted by Gasteiger charge is 2.41. The van der Waals surface area contributed by atoms with E-state index < -0.39 is 0 Å². The zero-order valence-electron chi connectivity index (χ0n) is 15.0. The van der Waals surface area contributed by atoms with Crippen molar-refractivity contribution in [1.82, 2.24) is 24.9 Å². The van der Waals surface area contributed by atoms with Crippen LogP contribution in [0.1, 0.15) is 31.2 Å². The summed E-state index contributed by atoms with van der Waals surface area (Å²) in [6.45, 7) is 7.09. The minimum atomic E-state index is -0.0879. The Labute approximate surface area is 147 Å². The SMILES string of the molecule is CC(=O)N[C@H]1C[C@H]2CN(C(=O)CCn3nc(C)cc3C)CC(=O)N2C1. The van der Waals surface area contributed by atoms with E-state index in [9.17, 15) is 14.4 Å². The lowest BCUT2D eigenvalue weighted by atomic mass is 10.1. The molecular weight excluding hydrogens is 322 g/mol. The molecule has 2 saturated heterocycles. The molecule has 1 aromatic heterocycles. The number of nitrogens with one attached hydrogen (secondary N) is 1.